The lowest BCUT2D eigenvalue weighted by Gasteiger charge is -2.30. The summed E-state index contributed by atoms with van der Waals surface area (Å²) >= 11 is 1.56. The maximum absolute atomic E-state index is 12.4. The molecule has 0 saturated carbocycles. The molecule has 3 heterocycles. The Morgan fingerprint density at radius 2 is 2.21 bits per heavy atom. The largest absolute Gasteiger partial charge is 0.448 e. The Balaban J connectivity index is 1.52. The van der Waals surface area contributed by atoms with Crippen LogP contribution in [0.2, 0.25) is 0 Å². The molecule has 24 heavy (non-hydrogen) atoms. The van der Waals surface area contributed by atoms with E-state index in [1.807, 2.05) is 30.3 Å². The van der Waals surface area contributed by atoms with Gasteiger partial charge in [-0.3, -0.25) is 4.79 Å². The average Bonchev–Trinajstić information content (AvgIpc) is 3.23. The SMILES string of the molecule is CC1NCCCC1NC(=O)c1ccc(-c2nc3ccccc3s2)o1. The molecule has 6 heteroatoms. The first kappa shape index (κ1) is 15.4. The summed E-state index contributed by atoms with van der Waals surface area (Å²) in [5.41, 5.74) is 0.946. The number of carbonyl (C=O) groups excluding carboxylic acids is 1. The Hall–Kier alpha value is -2.18. The van der Waals surface area contributed by atoms with Crippen molar-refractivity contribution in [3.05, 3.63) is 42.2 Å². The van der Waals surface area contributed by atoms with Gasteiger partial charge in [-0.25, -0.2) is 4.98 Å². The molecule has 2 N–H and O–H groups in total. The Morgan fingerprint density at radius 1 is 1.33 bits per heavy atom. The van der Waals surface area contributed by atoms with Crippen molar-refractivity contribution in [3.63, 3.8) is 0 Å². The highest BCUT2D eigenvalue weighted by molar-refractivity contribution is 7.21. The van der Waals surface area contributed by atoms with Gasteiger partial charge in [-0.2, -0.15) is 0 Å². The Morgan fingerprint density at radius 3 is 3.04 bits per heavy atom. The van der Waals surface area contributed by atoms with Gasteiger partial charge in [-0.1, -0.05) is 12.1 Å². The molecule has 1 aromatic carbocycles. The van der Waals surface area contributed by atoms with Crippen LogP contribution in [0.3, 0.4) is 0 Å². The lowest BCUT2D eigenvalue weighted by Crippen LogP contribution is -2.51. The quantitative estimate of drug-likeness (QED) is 0.766. The van der Waals surface area contributed by atoms with Gasteiger partial charge in [0.15, 0.2) is 16.5 Å². The zero-order chi connectivity index (χ0) is 16.5. The molecule has 1 aliphatic rings. The number of piperidine rings is 1. The van der Waals surface area contributed by atoms with Crippen LogP contribution in [0.1, 0.15) is 30.3 Å². The maximum atomic E-state index is 12.4. The zero-order valence-corrected chi connectivity index (χ0v) is 14.2. The highest BCUT2D eigenvalue weighted by atomic mass is 32.1. The minimum Gasteiger partial charge on any atom is -0.448 e. The highest BCUT2D eigenvalue weighted by Crippen LogP contribution is 2.31. The van der Waals surface area contributed by atoms with Gasteiger partial charge in [0.2, 0.25) is 0 Å². The van der Waals surface area contributed by atoms with Gasteiger partial charge in [0.25, 0.3) is 5.91 Å². The number of nitrogens with zero attached hydrogens (tertiary/aromatic N) is 1. The molecule has 5 nitrogen and oxygen atoms in total. The normalized spacial score (nSPS) is 21.0. The van der Waals surface area contributed by atoms with E-state index in [1.165, 1.54) is 0 Å². The van der Waals surface area contributed by atoms with Crippen LogP contribution < -0.4 is 10.6 Å². The van der Waals surface area contributed by atoms with Crippen molar-refractivity contribution in [2.75, 3.05) is 6.54 Å². The van der Waals surface area contributed by atoms with Crippen LogP contribution in [0.15, 0.2) is 40.8 Å². The van der Waals surface area contributed by atoms with Crippen LogP contribution in [0, 0.1) is 0 Å². The summed E-state index contributed by atoms with van der Waals surface area (Å²) in [5, 5.41) is 7.24. The van der Waals surface area contributed by atoms with E-state index in [0.717, 1.165) is 34.6 Å². The van der Waals surface area contributed by atoms with Crippen molar-refractivity contribution in [2.24, 2.45) is 0 Å². The van der Waals surface area contributed by atoms with Gasteiger partial charge < -0.3 is 15.1 Å². The predicted octanol–water partition coefficient (Wildman–Crippen LogP) is 3.43. The van der Waals surface area contributed by atoms with E-state index in [0.29, 0.717) is 11.5 Å². The van der Waals surface area contributed by atoms with E-state index in [2.05, 4.69) is 22.5 Å². The van der Waals surface area contributed by atoms with E-state index in [-0.39, 0.29) is 18.0 Å². The number of rotatable bonds is 3. The molecule has 1 saturated heterocycles. The van der Waals surface area contributed by atoms with Gasteiger partial charge in [0.1, 0.15) is 0 Å². The first-order valence-corrected chi connectivity index (χ1v) is 9.02. The van der Waals surface area contributed by atoms with Gasteiger partial charge >= 0.3 is 0 Å². The Labute approximate surface area is 144 Å². The first-order chi connectivity index (χ1) is 11.7. The fourth-order valence-electron chi connectivity index (χ4n) is 3.03. The van der Waals surface area contributed by atoms with E-state index in [1.54, 1.807) is 17.4 Å². The Kier molecular flexibility index (Phi) is 4.08. The number of hydrogen-bond acceptors (Lipinski definition) is 5. The molecular formula is C18H19N3O2S. The molecule has 0 bridgehead atoms. The molecule has 2 unspecified atom stereocenters. The van der Waals surface area contributed by atoms with Crippen LogP contribution in [-0.2, 0) is 0 Å². The second-order valence-corrected chi connectivity index (χ2v) is 7.15. The second-order valence-electron chi connectivity index (χ2n) is 6.12. The number of fused-ring (bicyclic) bond motifs is 1. The predicted molar refractivity (Wildman–Crippen MR) is 95.3 cm³/mol. The standard InChI is InChI=1S/C18H19N3O2S/c1-11-12(6-4-10-19-11)20-17(22)14-8-9-15(23-14)18-21-13-5-2-3-7-16(13)24-18/h2-3,5,7-9,11-12,19H,4,6,10H2,1H3,(H,20,22). The summed E-state index contributed by atoms with van der Waals surface area (Å²) in [6.07, 6.45) is 2.07. The van der Waals surface area contributed by atoms with Gasteiger partial charge in [-0.15, -0.1) is 11.3 Å². The minimum atomic E-state index is -0.164. The third-order valence-corrected chi connectivity index (χ3v) is 5.46. The molecule has 1 fully saturated rings. The molecule has 2 atom stereocenters. The summed E-state index contributed by atoms with van der Waals surface area (Å²) in [5.74, 6) is 0.807. The number of thiazole rings is 1. The smallest absolute Gasteiger partial charge is 0.287 e. The van der Waals surface area contributed by atoms with E-state index in [9.17, 15) is 4.79 Å². The number of carbonyl (C=O) groups is 1. The monoisotopic (exact) mass is 341 g/mol. The molecule has 124 valence electrons. The lowest BCUT2D eigenvalue weighted by molar-refractivity contribution is 0.0892. The number of aromatic nitrogens is 1. The Bertz CT molecular complexity index is 837. The van der Waals surface area contributed by atoms with Gasteiger partial charge in [-0.05, 0) is 50.6 Å². The zero-order valence-electron chi connectivity index (χ0n) is 13.4. The summed E-state index contributed by atoms with van der Waals surface area (Å²) < 4.78 is 6.86. The third kappa shape index (κ3) is 2.95. The van der Waals surface area contributed by atoms with Crippen molar-refractivity contribution in [1.82, 2.24) is 15.6 Å². The number of para-hydroxylation sites is 1. The summed E-state index contributed by atoms with van der Waals surface area (Å²) in [6, 6.07) is 11.9. The third-order valence-electron chi connectivity index (χ3n) is 4.41. The van der Waals surface area contributed by atoms with E-state index in [4.69, 9.17) is 4.42 Å². The molecule has 0 spiro atoms. The lowest BCUT2D eigenvalue weighted by atomic mass is 10.00. The minimum absolute atomic E-state index is 0.141. The van der Waals surface area contributed by atoms with E-state index >= 15 is 0 Å². The molecule has 1 amide bonds. The number of nitrogens with one attached hydrogen (secondary N) is 2. The average molecular weight is 341 g/mol. The number of furan rings is 1. The van der Waals surface area contributed by atoms with Crippen molar-refractivity contribution < 1.29 is 9.21 Å². The molecule has 1 aliphatic heterocycles. The van der Waals surface area contributed by atoms with Crippen molar-refractivity contribution >= 4 is 27.5 Å². The molecule has 0 aliphatic carbocycles. The van der Waals surface area contributed by atoms with Crippen LogP contribution in [0.25, 0.3) is 21.0 Å². The van der Waals surface area contributed by atoms with Crippen LogP contribution in [0.4, 0.5) is 0 Å². The number of benzene rings is 1. The van der Waals surface area contributed by atoms with E-state index < -0.39 is 0 Å². The van der Waals surface area contributed by atoms with Gasteiger partial charge in [0, 0.05) is 12.1 Å². The molecule has 4 rings (SSSR count). The molecular weight excluding hydrogens is 322 g/mol. The molecule has 2 aromatic heterocycles. The van der Waals surface area contributed by atoms with Crippen LogP contribution >= 0.6 is 11.3 Å². The maximum Gasteiger partial charge on any atom is 0.287 e. The summed E-state index contributed by atoms with van der Waals surface area (Å²) in [7, 11) is 0. The van der Waals surface area contributed by atoms with Crippen molar-refractivity contribution in [2.45, 2.75) is 31.8 Å². The topological polar surface area (TPSA) is 67.2 Å². The van der Waals surface area contributed by atoms with Crippen LogP contribution in [-0.4, -0.2) is 29.5 Å². The highest BCUT2D eigenvalue weighted by Gasteiger charge is 2.24. The molecule has 3 aromatic rings. The second kappa shape index (κ2) is 6.37. The number of hydrogen-bond donors (Lipinski definition) is 2. The molecule has 0 radical (unpaired) electrons. The summed E-state index contributed by atoms with van der Waals surface area (Å²) in [6.45, 7) is 3.11. The van der Waals surface area contributed by atoms with Crippen molar-refractivity contribution in [3.8, 4) is 10.8 Å². The van der Waals surface area contributed by atoms with Crippen molar-refractivity contribution in [1.29, 1.82) is 0 Å². The first-order valence-electron chi connectivity index (χ1n) is 8.21. The summed E-state index contributed by atoms with van der Waals surface area (Å²) in [4.78, 5) is 17.0. The van der Waals surface area contributed by atoms with Gasteiger partial charge in [0.05, 0.1) is 10.2 Å². The fourth-order valence-corrected chi connectivity index (χ4v) is 3.96. The fraction of sp³-hybridized carbons (Fsp3) is 0.333. The van der Waals surface area contributed by atoms with Crippen LogP contribution in [0.5, 0.6) is 0 Å². The number of amides is 1.